The van der Waals surface area contributed by atoms with Crippen LogP contribution in [0.3, 0.4) is 0 Å². The molecule has 14 heteroatoms. The fourth-order valence-corrected chi connectivity index (χ4v) is 5.49. The Kier molecular flexibility index (Phi) is 8.75. The summed E-state index contributed by atoms with van der Waals surface area (Å²) in [6, 6.07) is 16.2. The Labute approximate surface area is 291 Å². The van der Waals surface area contributed by atoms with Crippen molar-refractivity contribution in [2.24, 2.45) is 0 Å². The van der Waals surface area contributed by atoms with E-state index >= 15 is 0 Å². The number of benzene rings is 2. The van der Waals surface area contributed by atoms with Gasteiger partial charge in [0.15, 0.2) is 23.9 Å². The number of carbonyl (C=O) groups is 3. The van der Waals surface area contributed by atoms with Crippen LogP contribution in [0.1, 0.15) is 67.2 Å². The Morgan fingerprint density at radius 2 is 1.37 bits per heavy atom. The quantitative estimate of drug-likeness (QED) is 0.165. The fourth-order valence-electron chi connectivity index (χ4n) is 5.49. The Morgan fingerprint density at radius 3 is 1.88 bits per heavy atom. The average molecular weight is 693 g/mol. The normalized spacial score (nSPS) is 14.1. The van der Waals surface area contributed by atoms with Gasteiger partial charge < -0.3 is 10.1 Å². The predicted molar refractivity (Wildman–Crippen MR) is 186 cm³/mol. The number of amides is 1. The minimum atomic E-state index is -0.667. The molecule has 2 saturated carbocycles. The van der Waals surface area contributed by atoms with Gasteiger partial charge in [0.1, 0.15) is 28.9 Å². The molecule has 51 heavy (non-hydrogen) atoms. The van der Waals surface area contributed by atoms with E-state index in [1.165, 1.54) is 41.2 Å². The zero-order valence-corrected chi connectivity index (χ0v) is 28.1. The Balaban J connectivity index is 0.000000165. The second kappa shape index (κ2) is 13.3. The van der Waals surface area contributed by atoms with Gasteiger partial charge >= 0.3 is 6.09 Å². The van der Waals surface area contributed by atoms with Gasteiger partial charge in [0.25, 0.3) is 0 Å². The minimum absolute atomic E-state index is 0.0281. The van der Waals surface area contributed by atoms with Gasteiger partial charge in [-0.2, -0.15) is 19.2 Å². The number of fused-ring (bicyclic) bond motifs is 2. The summed E-state index contributed by atoms with van der Waals surface area (Å²) in [4.78, 5) is 46.1. The highest BCUT2D eigenvalue weighted by Crippen LogP contribution is 2.35. The third-order valence-corrected chi connectivity index (χ3v) is 8.15. The number of carbonyl (C=O) groups excluding carboxylic acids is 3. The number of hydrogen-bond donors (Lipinski definition) is 1. The zero-order valence-electron chi connectivity index (χ0n) is 28.1. The molecule has 0 atom stereocenters. The average Bonchev–Trinajstić information content (AvgIpc) is 4.02. The van der Waals surface area contributed by atoms with E-state index in [0.717, 1.165) is 37.8 Å². The number of hydrogen-bond acceptors (Lipinski definition) is 9. The second-order valence-corrected chi connectivity index (χ2v) is 13.5. The van der Waals surface area contributed by atoms with Crippen LogP contribution in [0.25, 0.3) is 33.8 Å². The first-order valence-corrected chi connectivity index (χ1v) is 16.5. The van der Waals surface area contributed by atoms with Gasteiger partial charge in [-0.25, -0.2) is 23.5 Å². The van der Waals surface area contributed by atoms with Gasteiger partial charge in [0, 0.05) is 35.3 Å². The van der Waals surface area contributed by atoms with Crippen LogP contribution in [-0.2, 0) is 4.74 Å². The summed E-state index contributed by atoms with van der Waals surface area (Å²) in [6.07, 6.45) is 7.66. The van der Waals surface area contributed by atoms with E-state index in [-0.39, 0.29) is 17.4 Å². The van der Waals surface area contributed by atoms with Gasteiger partial charge in [-0.05, 0) is 70.7 Å². The van der Waals surface area contributed by atoms with Crippen molar-refractivity contribution in [3.63, 3.8) is 0 Å². The first kappa shape index (κ1) is 33.4. The lowest BCUT2D eigenvalue weighted by Gasteiger charge is -2.27. The molecule has 1 amide bonds. The highest BCUT2D eigenvalue weighted by Gasteiger charge is 2.38. The summed E-state index contributed by atoms with van der Waals surface area (Å²) < 4.78 is 35.9. The number of nitrogens with zero attached hydrogens (tertiary/aromatic N) is 7. The molecule has 0 radical (unpaired) electrons. The molecule has 4 heterocycles. The molecular weight excluding hydrogens is 658 g/mol. The van der Waals surface area contributed by atoms with Gasteiger partial charge in [-0.1, -0.05) is 24.3 Å². The second-order valence-electron chi connectivity index (χ2n) is 13.5. The molecule has 0 unspecified atom stereocenters. The van der Waals surface area contributed by atoms with E-state index in [4.69, 9.17) is 4.74 Å². The number of anilines is 2. The molecule has 0 bridgehead atoms. The highest BCUT2D eigenvalue weighted by atomic mass is 19.1. The molecule has 4 aromatic heterocycles. The molecule has 2 fully saturated rings. The summed E-state index contributed by atoms with van der Waals surface area (Å²) in [5, 5.41) is 11.8. The smallest absolute Gasteiger partial charge is 0.416 e. The summed E-state index contributed by atoms with van der Waals surface area (Å²) in [5.74, 6) is 0.472. The van der Waals surface area contributed by atoms with Crippen LogP contribution >= 0.6 is 0 Å². The van der Waals surface area contributed by atoms with Gasteiger partial charge in [-0.15, -0.1) is 0 Å². The van der Waals surface area contributed by atoms with E-state index in [0.29, 0.717) is 57.5 Å². The maximum atomic E-state index is 13.8. The SMILES string of the molecule is CC(C)(C)OC(=O)N(c1cc(-c2cccc(F)c2)nc2c(C=O)cnn12)C1CC1.O=Cc1cnn2c(NC3CC3)cc(-c3cccc(F)c3)nc12. The third-order valence-electron chi connectivity index (χ3n) is 8.15. The van der Waals surface area contributed by atoms with E-state index in [1.807, 2.05) is 6.07 Å². The Hall–Kier alpha value is -6.05. The molecule has 2 aromatic carbocycles. The van der Waals surface area contributed by atoms with Crippen molar-refractivity contribution in [3.8, 4) is 22.5 Å². The fraction of sp³-hybridized carbons (Fsp3) is 0.270. The minimum Gasteiger partial charge on any atom is -0.443 e. The molecule has 6 aromatic rings. The summed E-state index contributed by atoms with van der Waals surface area (Å²) >= 11 is 0. The van der Waals surface area contributed by atoms with Crippen LogP contribution in [0.2, 0.25) is 0 Å². The van der Waals surface area contributed by atoms with Crippen LogP contribution in [0, 0.1) is 11.6 Å². The number of aromatic nitrogens is 6. The van der Waals surface area contributed by atoms with Crippen molar-refractivity contribution in [1.29, 1.82) is 0 Å². The van der Waals surface area contributed by atoms with Crippen molar-refractivity contribution >= 4 is 41.6 Å². The lowest BCUT2D eigenvalue weighted by molar-refractivity contribution is 0.0575. The van der Waals surface area contributed by atoms with Crippen LogP contribution < -0.4 is 10.2 Å². The molecule has 2 aliphatic rings. The van der Waals surface area contributed by atoms with E-state index in [1.54, 1.807) is 60.5 Å². The standard InChI is InChI=1S/C21H21FN4O3.C16H13FN4O/c1-21(2,3)29-20(28)25(16-7-8-16)18-10-17(13-5-4-6-15(22)9-13)24-19-14(12-27)11-23-26(18)19;17-12-3-1-2-10(6-12)14-7-15(19-13-4-5-13)21-16(20-14)11(9-22)8-18-21/h4-6,9-12,16H,7-8H2,1-3H3;1-3,6-9,13,19H,4-5H2. The molecule has 1 N–H and O–H groups in total. The topological polar surface area (TPSA) is 136 Å². The monoisotopic (exact) mass is 692 g/mol. The maximum Gasteiger partial charge on any atom is 0.416 e. The van der Waals surface area contributed by atoms with Crippen molar-refractivity contribution in [3.05, 3.63) is 95.8 Å². The Bertz CT molecular complexity index is 2290. The van der Waals surface area contributed by atoms with E-state index in [2.05, 4.69) is 25.5 Å². The largest absolute Gasteiger partial charge is 0.443 e. The summed E-state index contributed by atoms with van der Waals surface area (Å²) in [5.41, 5.74) is 3.04. The number of halogens is 2. The lowest BCUT2D eigenvalue weighted by Crippen LogP contribution is -2.39. The van der Waals surface area contributed by atoms with E-state index in [9.17, 15) is 23.2 Å². The van der Waals surface area contributed by atoms with Gasteiger partial charge in [0.2, 0.25) is 0 Å². The lowest BCUT2D eigenvalue weighted by atomic mass is 10.1. The predicted octanol–water partition coefficient (Wildman–Crippen LogP) is 7.17. The van der Waals surface area contributed by atoms with Crippen LogP contribution in [0.15, 0.2) is 73.1 Å². The van der Waals surface area contributed by atoms with Crippen molar-refractivity contribution in [1.82, 2.24) is 29.2 Å². The number of aldehydes is 2. The van der Waals surface area contributed by atoms with Crippen molar-refractivity contribution in [2.45, 2.75) is 64.1 Å². The summed E-state index contributed by atoms with van der Waals surface area (Å²) in [6.45, 7) is 5.40. The molecule has 0 aliphatic heterocycles. The molecule has 12 nitrogen and oxygen atoms in total. The molecular formula is C37H34F2N8O4. The van der Waals surface area contributed by atoms with Gasteiger partial charge in [-0.3, -0.25) is 14.5 Å². The number of rotatable bonds is 8. The van der Waals surface area contributed by atoms with Crippen LogP contribution in [-0.4, -0.2) is 65.5 Å². The maximum absolute atomic E-state index is 13.8. The first-order valence-electron chi connectivity index (χ1n) is 16.5. The Morgan fingerprint density at radius 1 is 0.824 bits per heavy atom. The van der Waals surface area contributed by atoms with Crippen LogP contribution in [0.5, 0.6) is 0 Å². The van der Waals surface area contributed by atoms with Crippen molar-refractivity contribution < 1.29 is 27.9 Å². The molecule has 0 saturated heterocycles. The number of nitrogens with one attached hydrogen (secondary N) is 1. The van der Waals surface area contributed by atoms with Crippen molar-refractivity contribution in [2.75, 3.05) is 10.2 Å². The van der Waals surface area contributed by atoms with Crippen LogP contribution in [0.4, 0.5) is 25.2 Å². The zero-order chi connectivity index (χ0) is 35.9. The first-order chi connectivity index (χ1) is 24.5. The third kappa shape index (κ3) is 7.30. The highest BCUT2D eigenvalue weighted by molar-refractivity contribution is 5.91. The molecule has 2 aliphatic carbocycles. The summed E-state index contributed by atoms with van der Waals surface area (Å²) in [7, 11) is 0. The number of ether oxygens (including phenoxy) is 1. The van der Waals surface area contributed by atoms with E-state index < -0.39 is 17.5 Å². The molecule has 0 spiro atoms. The van der Waals surface area contributed by atoms with Gasteiger partial charge in [0.05, 0.1) is 34.9 Å². The molecule has 260 valence electrons. The molecule has 8 rings (SSSR count).